The molecule has 0 atom stereocenters. The topological polar surface area (TPSA) is 61.4 Å². The molecule has 3 aromatic rings. The van der Waals surface area contributed by atoms with Crippen molar-refractivity contribution in [3.05, 3.63) is 101 Å². The van der Waals surface area contributed by atoms with Crippen molar-refractivity contribution in [2.24, 2.45) is 0 Å². The number of amides is 2. The van der Waals surface area contributed by atoms with Crippen molar-refractivity contribution in [1.82, 2.24) is 5.32 Å². The summed E-state index contributed by atoms with van der Waals surface area (Å²) in [6.45, 7) is 2.49. The van der Waals surface area contributed by atoms with Gasteiger partial charge in [0, 0.05) is 34.6 Å². The fraction of sp³-hybridized carbons (Fsp3) is 0.0800. The molecular weight excluding hydrogens is 442 g/mol. The molecule has 0 aromatic heterocycles. The van der Waals surface area contributed by atoms with E-state index in [0.29, 0.717) is 22.8 Å². The Kier molecular flexibility index (Phi) is 8.14. The Morgan fingerprint density at radius 3 is 2.28 bits per heavy atom. The maximum atomic E-state index is 12.9. The summed E-state index contributed by atoms with van der Waals surface area (Å²) in [5, 5.41) is 6.23. The van der Waals surface area contributed by atoms with E-state index < -0.39 is 0 Å². The van der Waals surface area contributed by atoms with Gasteiger partial charge in [-0.25, -0.2) is 0 Å². The molecule has 0 heterocycles. The molecule has 0 spiro atoms. The van der Waals surface area contributed by atoms with E-state index in [1.165, 1.54) is 6.08 Å². The molecule has 3 aromatic carbocycles. The van der Waals surface area contributed by atoms with E-state index in [0.717, 1.165) is 11.3 Å². The smallest absolute Gasteiger partial charge is 0.258 e. The molecule has 0 bridgehead atoms. The minimum atomic E-state index is -0.379. The highest BCUT2D eigenvalue weighted by Gasteiger charge is 2.15. The number of thiocarbonyl (C=S) groups is 1. The second kappa shape index (κ2) is 11.2. The molecule has 0 radical (unpaired) electrons. The molecule has 0 aliphatic heterocycles. The number of benzene rings is 3. The summed E-state index contributed by atoms with van der Waals surface area (Å²) >= 11 is 11.3. The van der Waals surface area contributed by atoms with Gasteiger partial charge in [-0.3, -0.25) is 14.9 Å². The summed E-state index contributed by atoms with van der Waals surface area (Å²) < 4.78 is 0. The lowest BCUT2D eigenvalue weighted by Crippen LogP contribution is -2.33. The second-order valence-corrected chi connectivity index (χ2v) is 7.58. The molecule has 2 N–H and O–H groups in total. The molecule has 2 amide bonds. The van der Waals surface area contributed by atoms with E-state index in [2.05, 4.69) is 10.6 Å². The molecule has 32 heavy (non-hydrogen) atoms. The Labute approximate surface area is 197 Å². The fourth-order valence-electron chi connectivity index (χ4n) is 2.99. The number of rotatable bonds is 6. The Balaban J connectivity index is 1.58. The summed E-state index contributed by atoms with van der Waals surface area (Å²) in [6, 6.07) is 23.7. The predicted molar refractivity (Wildman–Crippen MR) is 135 cm³/mol. The van der Waals surface area contributed by atoms with Crippen LogP contribution in [0.4, 0.5) is 11.4 Å². The SMILES string of the molecule is CCN(C(=O)c1ccc(NC(=S)NC(=O)/C=C/c2ccccc2Cl)cc1)c1ccccc1. The molecule has 0 aliphatic carbocycles. The highest BCUT2D eigenvalue weighted by atomic mass is 35.5. The molecule has 0 saturated carbocycles. The monoisotopic (exact) mass is 463 g/mol. The number of hydrogen-bond donors (Lipinski definition) is 2. The number of nitrogens with zero attached hydrogens (tertiary/aromatic N) is 1. The molecule has 0 unspecified atom stereocenters. The number of para-hydroxylation sites is 1. The zero-order valence-electron chi connectivity index (χ0n) is 17.4. The molecule has 3 rings (SSSR count). The maximum Gasteiger partial charge on any atom is 0.258 e. The first-order valence-electron chi connectivity index (χ1n) is 9.99. The second-order valence-electron chi connectivity index (χ2n) is 6.76. The highest BCUT2D eigenvalue weighted by Crippen LogP contribution is 2.18. The van der Waals surface area contributed by atoms with Gasteiger partial charge >= 0.3 is 0 Å². The number of nitrogens with one attached hydrogen (secondary N) is 2. The predicted octanol–water partition coefficient (Wildman–Crippen LogP) is 5.53. The molecule has 0 saturated heterocycles. The average molecular weight is 464 g/mol. The van der Waals surface area contributed by atoms with Crippen LogP contribution in [0.25, 0.3) is 6.08 Å². The van der Waals surface area contributed by atoms with Gasteiger partial charge in [-0.1, -0.05) is 48.0 Å². The van der Waals surface area contributed by atoms with Crippen molar-refractivity contribution in [2.75, 3.05) is 16.8 Å². The lowest BCUT2D eigenvalue weighted by atomic mass is 10.1. The molecule has 0 fully saturated rings. The number of anilines is 2. The van der Waals surface area contributed by atoms with E-state index in [-0.39, 0.29) is 16.9 Å². The summed E-state index contributed by atoms with van der Waals surface area (Å²) in [5.41, 5.74) is 2.79. The minimum absolute atomic E-state index is 0.0918. The average Bonchev–Trinajstić information content (AvgIpc) is 2.80. The third-order valence-electron chi connectivity index (χ3n) is 4.58. The first kappa shape index (κ1) is 23.2. The van der Waals surface area contributed by atoms with Gasteiger partial charge in [-0.05, 0) is 73.2 Å². The lowest BCUT2D eigenvalue weighted by molar-refractivity contribution is -0.115. The van der Waals surface area contributed by atoms with E-state index in [1.807, 2.05) is 55.5 Å². The first-order chi connectivity index (χ1) is 15.5. The molecular formula is C25H22ClN3O2S. The summed E-state index contributed by atoms with van der Waals surface area (Å²) in [6.07, 6.45) is 2.98. The largest absolute Gasteiger partial charge is 0.332 e. The van der Waals surface area contributed by atoms with Gasteiger partial charge in [-0.2, -0.15) is 0 Å². The Morgan fingerprint density at radius 2 is 1.62 bits per heavy atom. The van der Waals surface area contributed by atoms with Gasteiger partial charge in [0.05, 0.1) is 0 Å². The quantitative estimate of drug-likeness (QED) is 0.372. The van der Waals surface area contributed by atoms with Gasteiger partial charge in [-0.15, -0.1) is 0 Å². The zero-order valence-corrected chi connectivity index (χ0v) is 19.0. The maximum absolute atomic E-state index is 12.9. The number of carbonyl (C=O) groups is 2. The summed E-state index contributed by atoms with van der Waals surface area (Å²) in [5.74, 6) is -0.471. The minimum Gasteiger partial charge on any atom is -0.332 e. The van der Waals surface area contributed by atoms with Crippen molar-refractivity contribution < 1.29 is 9.59 Å². The molecule has 5 nitrogen and oxygen atoms in total. The number of carbonyl (C=O) groups excluding carboxylic acids is 2. The standard InChI is InChI=1S/C25H22ClN3O2S/c1-2-29(21-9-4-3-5-10-21)24(31)19-12-15-20(16-13-19)27-25(32)28-23(30)17-14-18-8-6-7-11-22(18)26/h3-17H,2H2,1H3,(H2,27,28,30,32)/b17-14+. The van der Waals surface area contributed by atoms with Crippen molar-refractivity contribution in [2.45, 2.75) is 6.92 Å². The van der Waals surface area contributed by atoms with Crippen LogP contribution in [0.1, 0.15) is 22.8 Å². The van der Waals surface area contributed by atoms with Crippen LogP contribution in [0.15, 0.2) is 84.9 Å². The summed E-state index contributed by atoms with van der Waals surface area (Å²) in [7, 11) is 0. The van der Waals surface area contributed by atoms with Crippen LogP contribution in [0.2, 0.25) is 5.02 Å². The fourth-order valence-corrected chi connectivity index (χ4v) is 3.41. The Bertz CT molecular complexity index is 1130. The van der Waals surface area contributed by atoms with E-state index in [9.17, 15) is 9.59 Å². The van der Waals surface area contributed by atoms with E-state index >= 15 is 0 Å². The zero-order chi connectivity index (χ0) is 22.9. The van der Waals surface area contributed by atoms with Crippen LogP contribution in [0.5, 0.6) is 0 Å². The lowest BCUT2D eigenvalue weighted by Gasteiger charge is -2.21. The van der Waals surface area contributed by atoms with Crippen LogP contribution in [-0.4, -0.2) is 23.5 Å². The van der Waals surface area contributed by atoms with Crippen LogP contribution in [-0.2, 0) is 4.79 Å². The van der Waals surface area contributed by atoms with Gasteiger partial charge in [0.15, 0.2) is 5.11 Å². The van der Waals surface area contributed by atoms with E-state index in [4.69, 9.17) is 23.8 Å². The van der Waals surface area contributed by atoms with Crippen molar-refractivity contribution in [1.29, 1.82) is 0 Å². The van der Waals surface area contributed by atoms with Gasteiger partial charge in [0.2, 0.25) is 5.91 Å². The number of halogens is 1. The third-order valence-corrected chi connectivity index (χ3v) is 5.12. The number of hydrogen-bond acceptors (Lipinski definition) is 3. The normalized spacial score (nSPS) is 10.6. The Morgan fingerprint density at radius 1 is 0.969 bits per heavy atom. The van der Waals surface area contributed by atoms with Crippen molar-refractivity contribution >= 4 is 58.2 Å². The van der Waals surface area contributed by atoms with Gasteiger partial charge in [0.25, 0.3) is 5.91 Å². The van der Waals surface area contributed by atoms with Crippen LogP contribution < -0.4 is 15.5 Å². The summed E-state index contributed by atoms with van der Waals surface area (Å²) in [4.78, 5) is 26.7. The van der Waals surface area contributed by atoms with Gasteiger partial charge < -0.3 is 10.2 Å². The van der Waals surface area contributed by atoms with Crippen molar-refractivity contribution in [3.63, 3.8) is 0 Å². The van der Waals surface area contributed by atoms with Gasteiger partial charge in [0.1, 0.15) is 0 Å². The molecule has 162 valence electrons. The molecule has 0 aliphatic rings. The third kappa shape index (κ3) is 6.26. The van der Waals surface area contributed by atoms with E-state index in [1.54, 1.807) is 41.3 Å². The molecule has 7 heteroatoms. The van der Waals surface area contributed by atoms with Crippen molar-refractivity contribution in [3.8, 4) is 0 Å². The van der Waals surface area contributed by atoms with Crippen LogP contribution >= 0.6 is 23.8 Å². The van der Waals surface area contributed by atoms with Crippen LogP contribution in [0.3, 0.4) is 0 Å². The Hall–Kier alpha value is -3.48. The van der Waals surface area contributed by atoms with Crippen LogP contribution in [0, 0.1) is 0 Å². The highest BCUT2D eigenvalue weighted by molar-refractivity contribution is 7.80. The first-order valence-corrected chi connectivity index (χ1v) is 10.8.